The highest BCUT2D eigenvalue weighted by Crippen LogP contribution is 2.46. The second-order valence-electron chi connectivity index (χ2n) is 12.6. The molecule has 0 spiro atoms. The van der Waals surface area contributed by atoms with E-state index in [1.807, 2.05) is 60.7 Å². The second kappa shape index (κ2) is 16.7. The third-order valence-corrected chi connectivity index (χ3v) is 9.38. The largest absolute Gasteiger partial charge is 0.497 e. The van der Waals surface area contributed by atoms with E-state index in [1.165, 1.54) is 20.3 Å². The van der Waals surface area contributed by atoms with E-state index in [0.717, 1.165) is 11.1 Å². The quantitative estimate of drug-likeness (QED) is 0.0493. The normalized spacial score (nSPS) is 18.5. The maximum Gasteiger partial charge on any atom is 0.228 e. The molecular weight excluding hydrogens is 658 g/mol. The highest BCUT2D eigenvalue weighted by molar-refractivity contribution is 6.10. The molecule has 1 saturated carbocycles. The Bertz CT molecular complexity index is 2010. The van der Waals surface area contributed by atoms with Crippen molar-refractivity contribution in [3.8, 4) is 23.0 Å². The van der Waals surface area contributed by atoms with Crippen molar-refractivity contribution in [2.45, 2.75) is 37.5 Å². The molecule has 1 aliphatic rings. The Morgan fingerprint density at radius 2 is 1.33 bits per heavy atom. The zero-order chi connectivity index (χ0) is 36.5. The van der Waals surface area contributed by atoms with Crippen LogP contribution in [0.15, 0.2) is 133 Å². The zero-order valence-corrected chi connectivity index (χ0v) is 28.9. The summed E-state index contributed by atoms with van der Waals surface area (Å²) in [6.07, 6.45) is 2.76. The molecule has 1 fully saturated rings. The SMILES string of the molecule is COc1ccc(C2C(C(=O)/C=C/c3ccc(OCc4ccccc4)c(OC)c3)C(=O)CC(c3ccc(OCc4ccccc4)cc3)C2[N+](=O)[O-])cc1. The number of Topliss-reactive ketones (excluding diaryl/α,β-unsaturated/α-hetero) is 1. The molecule has 0 bridgehead atoms. The van der Waals surface area contributed by atoms with Crippen molar-refractivity contribution < 1.29 is 33.5 Å². The molecule has 0 radical (unpaired) electrons. The van der Waals surface area contributed by atoms with Crippen LogP contribution in [-0.4, -0.2) is 36.8 Å². The lowest BCUT2D eigenvalue weighted by Crippen LogP contribution is -2.48. The molecule has 4 unspecified atom stereocenters. The molecule has 6 rings (SSSR count). The van der Waals surface area contributed by atoms with Crippen molar-refractivity contribution >= 4 is 17.6 Å². The van der Waals surface area contributed by atoms with Gasteiger partial charge in [0, 0.05) is 11.3 Å². The summed E-state index contributed by atoms with van der Waals surface area (Å²) < 4.78 is 22.8. The van der Waals surface area contributed by atoms with Gasteiger partial charge in [-0.15, -0.1) is 0 Å². The van der Waals surface area contributed by atoms with Gasteiger partial charge < -0.3 is 18.9 Å². The molecule has 1 aliphatic carbocycles. The molecule has 264 valence electrons. The van der Waals surface area contributed by atoms with E-state index in [1.54, 1.807) is 72.8 Å². The van der Waals surface area contributed by atoms with Gasteiger partial charge in [0.1, 0.15) is 30.5 Å². The number of carbonyl (C=O) groups is 2. The van der Waals surface area contributed by atoms with Gasteiger partial charge in [-0.1, -0.05) is 97.1 Å². The molecule has 0 saturated heterocycles. The number of rotatable bonds is 14. The minimum absolute atomic E-state index is 0.159. The fourth-order valence-corrected chi connectivity index (χ4v) is 6.73. The first-order chi connectivity index (χ1) is 25.3. The summed E-state index contributed by atoms with van der Waals surface area (Å²) in [7, 11) is 3.05. The number of allylic oxidation sites excluding steroid dienone is 1. The van der Waals surface area contributed by atoms with Crippen LogP contribution in [0.3, 0.4) is 0 Å². The smallest absolute Gasteiger partial charge is 0.228 e. The van der Waals surface area contributed by atoms with Crippen LogP contribution < -0.4 is 18.9 Å². The van der Waals surface area contributed by atoms with E-state index in [9.17, 15) is 19.7 Å². The summed E-state index contributed by atoms with van der Waals surface area (Å²) >= 11 is 0. The van der Waals surface area contributed by atoms with Gasteiger partial charge in [-0.3, -0.25) is 19.7 Å². The molecule has 5 aromatic rings. The van der Waals surface area contributed by atoms with Crippen LogP contribution in [0.1, 0.15) is 46.1 Å². The van der Waals surface area contributed by atoms with Gasteiger partial charge in [0.2, 0.25) is 6.04 Å². The van der Waals surface area contributed by atoms with Gasteiger partial charge in [-0.2, -0.15) is 0 Å². The predicted octanol–water partition coefficient (Wildman–Crippen LogP) is 8.25. The standard InChI is InChI=1S/C43H39NO8/c1-49-34-19-17-33(18-20-34)41-42(37(45)23-13-29-14-24-39(40(25-29)50-2)52-28-31-11-7-4-8-12-31)38(46)26-36(43(41)44(47)48)32-15-21-35(22-16-32)51-27-30-9-5-3-6-10-30/h3-25,36,41-43H,26-28H2,1-2H3/b23-13+. The van der Waals surface area contributed by atoms with Crippen LogP contribution in [0.2, 0.25) is 0 Å². The summed E-state index contributed by atoms with van der Waals surface area (Å²) in [6.45, 7) is 0.724. The summed E-state index contributed by atoms with van der Waals surface area (Å²) in [5.41, 5.74) is 3.79. The average molecular weight is 698 g/mol. The van der Waals surface area contributed by atoms with Gasteiger partial charge >= 0.3 is 0 Å². The maximum absolute atomic E-state index is 14.0. The Morgan fingerprint density at radius 1 is 0.731 bits per heavy atom. The maximum atomic E-state index is 14.0. The monoisotopic (exact) mass is 697 g/mol. The minimum Gasteiger partial charge on any atom is -0.497 e. The van der Waals surface area contributed by atoms with Crippen molar-refractivity contribution in [1.29, 1.82) is 0 Å². The van der Waals surface area contributed by atoms with Crippen LogP contribution in [0, 0.1) is 16.0 Å². The number of ether oxygens (including phenoxy) is 4. The Hall–Kier alpha value is -6.22. The molecule has 9 nitrogen and oxygen atoms in total. The minimum atomic E-state index is -1.26. The number of ketones is 2. The third kappa shape index (κ3) is 8.38. The van der Waals surface area contributed by atoms with Gasteiger partial charge in [0.25, 0.3) is 0 Å². The van der Waals surface area contributed by atoms with Crippen molar-refractivity contribution in [2.24, 2.45) is 5.92 Å². The summed E-state index contributed by atoms with van der Waals surface area (Å²) in [6, 6.07) is 37.3. The lowest BCUT2D eigenvalue weighted by molar-refractivity contribution is -0.533. The van der Waals surface area contributed by atoms with Crippen LogP contribution in [0.5, 0.6) is 23.0 Å². The fourth-order valence-electron chi connectivity index (χ4n) is 6.73. The van der Waals surface area contributed by atoms with Gasteiger partial charge in [-0.25, -0.2) is 0 Å². The third-order valence-electron chi connectivity index (χ3n) is 9.38. The Kier molecular flexibility index (Phi) is 11.4. The van der Waals surface area contributed by atoms with Crippen LogP contribution in [-0.2, 0) is 22.8 Å². The van der Waals surface area contributed by atoms with E-state index in [4.69, 9.17) is 18.9 Å². The molecule has 0 heterocycles. The molecule has 0 aliphatic heterocycles. The number of nitro groups is 1. The first-order valence-corrected chi connectivity index (χ1v) is 17.0. The molecule has 0 amide bonds. The van der Waals surface area contributed by atoms with E-state index in [-0.39, 0.29) is 17.1 Å². The fraction of sp³-hybridized carbons (Fsp3) is 0.209. The first kappa shape index (κ1) is 35.6. The molecule has 9 heteroatoms. The highest BCUT2D eigenvalue weighted by Gasteiger charge is 2.54. The first-order valence-electron chi connectivity index (χ1n) is 17.0. The Morgan fingerprint density at radius 3 is 1.92 bits per heavy atom. The average Bonchev–Trinajstić information content (AvgIpc) is 3.19. The number of carbonyl (C=O) groups excluding carboxylic acids is 2. The van der Waals surface area contributed by atoms with Crippen molar-refractivity contribution in [3.63, 3.8) is 0 Å². The van der Waals surface area contributed by atoms with Crippen molar-refractivity contribution in [2.75, 3.05) is 14.2 Å². The molecule has 4 atom stereocenters. The van der Waals surface area contributed by atoms with E-state index >= 15 is 0 Å². The number of methoxy groups -OCH3 is 2. The topological polar surface area (TPSA) is 114 Å². The highest BCUT2D eigenvalue weighted by atomic mass is 16.6. The number of nitrogens with zero attached hydrogens (tertiary/aromatic N) is 1. The Labute approximate surface area is 302 Å². The lowest BCUT2D eigenvalue weighted by atomic mass is 9.64. The number of hydrogen-bond donors (Lipinski definition) is 0. The van der Waals surface area contributed by atoms with Crippen LogP contribution in [0.4, 0.5) is 0 Å². The summed E-state index contributed by atoms with van der Waals surface area (Å²) in [5, 5.41) is 13.0. The molecule has 52 heavy (non-hydrogen) atoms. The lowest BCUT2D eigenvalue weighted by Gasteiger charge is -2.36. The molecule has 5 aromatic carbocycles. The van der Waals surface area contributed by atoms with Crippen LogP contribution >= 0.6 is 0 Å². The Balaban J connectivity index is 1.25. The summed E-state index contributed by atoms with van der Waals surface area (Å²) in [5.74, 6) is -1.76. The van der Waals surface area contributed by atoms with Crippen molar-refractivity contribution in [1.82, 2.24) is 0 Å². The van der Waals surface area contributed by atoms with Gasteiger partial charge in [-0.05, 0) is 70.3 Å². The number of hydrogen-bond acceptors (Lipinski definition) is 8. The van der Waals surface area contributed by atoms with E-state index in [0.29, 0.717) is 52.9 Å². The second-order valence-corrected chi connectivity index (χ2v) is 12.6. The van der Waals surface area contributed by atoms with E-state index in [2.05, 4.69) is 0 Å². The zero-order valence-electron chi connectivity index (χ0n) is 28.9. The van der Waals surface area contributed by atoms with Gasteiger partial charge in [0.15, 0.2) is 17.3 Å². The summed E-state index contributed by atoms with van der Waals surface area (Å²) in [4.78, 5) is 40.6. The number of benzene rings is 5. The molecular formula is C43H39NO8. The molecule has 0 N–H and O–H groups in total. The molecule has 0 aromatic heterocycles. The van der Waals surface area contributed by atoms with Crippen molar-refractivity contribution in [3.05, 3.63) is 171 Å². The van der Waals surface area contributed by atoms with Gasteiger partial charge in [0.05, 0.1) is 32.0 Å². The van der Waals surface area contributed by atoms with Crippen LogP contribution in [0.25, 0.3) is 6.08 Å². The van der Waals surface area contributed by atoms with E-state index < -0.39 is 29.6 Å². The predicted molar refractivity (Wildman–Crippen MR) is 197 cm³/mol.